The Kier molecular flexibility index (Phi) is 0.640. The molecule has 0 spiro atoms. The van der Waals surface area contributed by atoms with Gasteiger partial charge in [0.25, 0.3) is 0 Å². The summed E-state index contributed by atoms with van der Waals surface area (Å²) >= 11 is 0. The van der Waals surface area contributed by atoms with Crippen molar-refractivity contribution < 1.29 is 0 Å². The molecule has 0 aromatic carbocycles. The van der Waals surface area contributed by atoms with Crippen LogP contribution in [0.25, 0.3) is 0 Å². The first kappa shape index (κ1) is 4.76. The molecule has 0 aromatic rings. The molecule has 3 fully saturated rings. The van der Waals surface area contributed by atoms with Crippen molar-refractivity contribution in [3.05, 3.63) is 0 Å². The molecule has 0 bridgehead atoms. The van der Waals surface area contributed by atoms with Gasteiger partial charge < -0.3 is 0 Å². The largest absolute Gasteiger partial charge is 0.0622 e. The van der Waals surface area contributed by atoms with E-state index < -0.39 is 0 Å². The van der Waals surface area contributed by atoms with Crippen molar-refractivity contribution >= 4 is 0 Å². The molecule has 3 saturated carbocycles. The Hall–Kier alpha value is 0. The Labute approximate surface area is 56.6 Å². The molecule has 4 atom stereocenters. The lowest BCUT2D eigenvalue weighted by Crippen LogP contribution is -2.10. The lowest BCUT2D eigenvalue weighted by molar-refractivity contribution is 0.316. The Balaban J connectivity index is 1.73. The molecule has 0 heteroatoms. The summed E-state index contributed by atoms with van der Waals surface area (Å²) in [6, 6.07) is 0. The van der Waals surface area contributed by atoms with Gasteiger partial charge in [0, 0.05) is 0 Å². The third kappa shape index (κ3) is 0.461. The van der Waals surface area contributed by atoms with Crippen LogP contribution >= 0.6 is 0 Å². The predicted molar refractivity (Wildman–Crippen MR) is 37.0 cm³/mol. The van der Waals surface area contributed by atoms with E-state index in [1.54, 1.807) is 19.3 Å². The topological polar surface area (TPSA) is 0 Å². The molecule has 0 nitrogen and oxygen atoms in total. The average molecular weight is 122 g/mol. The van der Waals surface area contributed by atoms with Gasteiger partial charge in [-0.1, -0.05) is 6.92 Å². The quantitative estimate of drug-likeness (QED) is 0.500. The van der Waals surface area contributed by atoms with Crippen LogP contribution in [0.15, 0.2) is 0 Å². The van der Waals surface area contributed by atoms with Gasteiger partial charge in [0.15, 0.2) is 0 Å². The highest BCUT2D eigenvalue weighted by atomic mass is 14.7. The molecular formula is C9H14. The minimum absolute atomic E-state index is 1.11. The highest BCUT2D eigenvalue weighted by molar-refractivity contribution is 5.13. The van der Waals surface area contributed by atoms with Gasteiger partial charge in [0.1, 0.15) is 0 Å². The molecule has 50 valence electrons. The SMILES string of the molecule is CC1CC2C1C2C1CC1. The van der Waals surface area contributed by atoms with Gasteiger partial charge in [-0.25, -0.2) is 0 Å². The maximum absolute atomic E-state index is 2.43. The summed E-state index contributed by atoms with van der Waals surface area (Å²) in [4.78, 5) is 0. The molecule has 0 heterocycles. The first-order valence-electron chi connectivity index (χ1n) is 4.38. The Morgan fingerprint density at radius 3 is 2.22 bits per heavy atom. The molecule has 4 unspecified atom stereocenters. The van der Waals surface area contributed by atoms with Crippen LogP contribution in [0.5, 0.6) is 0 Å². The predicted octanol–water partition coefficient (Wildman–Crippen LogP) is 2.30. The van der Waals surface area contributed by atoms with Crippen LogP contribution in [0, 0.1) is 29.6 Å². The maximum atomic E-state index is 2.43. The van der Waals surface area contributed by atoms with Crippen molar-refractivity contribution in [2.24, 2.45) is 29.6 Å². The van der Waals surface area contributed by atoms with Crippen LogP contribution in [0.3, 0.4) is 0 Å². The molecule has 3 aliphatic rings. The first-order valence-corrected chi connectivity index (χ1v) is 4.38. The minimum atomic E-state index is 1.11. The summed E-state index contributed by atoms with van der Waals surface area (Å²) < 4.78 is 0. The number of rotatable bonds is 1. The van der Waals surface area contributed by atoms with Crippen LogP contribution in [0.4, 0.5) is 0 Å². The Bertz CT molecular complexity index is 146. The van der Waals surface area contributed by atoms with Crippen LogP contribution in [0.1, 0.15) is 26.2 Å². The van der Waals surface area contributed by atoms with E-state index in [0.29, 0.717) is 0 Å². The minimum Gasteiger partial charge on any atom is -0.0622 e. The van der Waals surface area contributed by atoms with Crippen molar-refractivity contribution in [3.63, 3.8) is 0 Å². The monoisotopic (exact) mass is 122 g/mol. The summed E-state index contributed by atoms with van der Waals surface area (Å²) in [7, 11) is 0. The zero-order valence-corrected chi connectivity index (χ0v) is 6.01. The third-order valence-electron chi connectivity index (χ3n) is 3.76. The molecule has 3 aliphatic carbocycles. The number of hydrogen-bond acceptors (Lipinski definition) is 0. The fourth-order valence-corrected chi connectivity index (χ4v) is 3.08. The zero-order chi connectivity index (χ0) is 6.01. The molecular weight excluding hydrogens is 108 g/mol. The van der Waals surface area contributed by atoms with Crippen molar-refractivity contribution in [2.75, 3.05) is 0 Å². The molecule has 0 aliphatic heterocycles. The fourth-order valence-electron chi connectivity index (χ4n) is 3.08. The van der Waals surface area contributed by atoms with E-state index in [1.165, 1.54) is 23.7 Å². The van der Waals surface area contributed by atoms with Gasteiger partial charge in [0.2, 0.25) is 0 Å². The Morgan fingerprint density at radius 2 is 1.89 bits per heavy atom. The molecule has 0 radical (unpaired) electrons. The van der Waals surface area contributed by atoms with E-state index in [0.717, 1.165) is 5.92 Å². The van der Waals surface area contributed by atoms with E-state index in [2.05, 4.69) is 6.92 Å². The summed E-state index contributed by atoms with van der Waals surface area (Å²) in [5.41, 5.74) is 0. The van der Waals surface area contributed by atoms with E-state index in [-0.39, 0.29) is 0 Å². The highest BCUT2D eigenvalue weighted by Crippen LogP contribution is 2.71. The summed E-state index contributed by atoms with van der Waals surface area (Å²) in [5, 5.41) is 0. The highest BCUT2D eigenvalue weighted by Gasteiger charge is 2.64. The lowest BCUT2D eigenvalue weighted by Gasteiger charge is -2.18. The molecule has 0 N–H and O–H groups in total. The van der Waals surface area contributed by atoms with Gasteiger partial charge in [-0.2, -0.15) is 0 Å². The molecule has 0 amide bonds. The third-order valence-corrected chi connectivity index (χ3v) is 3.76. The van der Waals surface area contributed by atoms with Gasteiger partial charge in [-0.3, -0.25) is 0 Å². The molecule has 9 heavy (non-hydrogen) atoms. The second-order valence-electron chi connectivity index (χ2n) is 4.37. The summed E-state index contributed by atoms with van der Waals surface area (Å²) in [6.07, 6.45) is 4.72. The second kappa shape index (κ2) is 1.21. The van der Waals surface area contributed by atoms with Crippen LogP contribution < -0.4 is 0 Å². The summed E-state index contributed by atoms with van der Waals surface area (Å²) in [6.45, 7) is 2.43. The first-order chi connectivity index (χ1) is 4.38. The van der Waals surface area contributed by atoms with Gasteiger partial charge in [0.05, 0.1) is 0 Å². The van der Waals surface area contributed by atoms with E-state index in [1.807, 2.05) is 0 Å². The fraction of sp³-hybridized carbons (Fsp3) is 1.00. The van der Waals surface area contributed by atoms with Crippen LogP contribution in [0.2, 0.25) is 0 Å². The average Bonchev–Trinajstić information content (AvgIpc) is 2.55. The smallest absolute Gasteiger partial charge is 0.0321 e. The zero-order valence-electron chi connectivity index (χ0n) is 6.01. The van der Waals surface area contributed by atoms with E-state index in [4.69, 9.17) is 0 Å². The van der Waals surface area contributed by atoms with E-state index >= 15 is 0 Å². The van der Waals surface area contributed by atoms with Gasteiger partial charge in [-0.05, 0) is 48.9 Å². The van der Waals surface area contributed by atoms with Crippen LogP contribution in [-0.4, -0.2) is 0 Å². The molecule has 3 rings (SSSR count). The van der Waals surface area contributed by atoms with Gasteiger partial charge in [-0.15, -0.1) is 0 Å². The second-order valence-corrected chi connectivity index (χ2v) is 4.37. The van der Waals surface area contributed by atoms with Crippen molar-refractivity contribution in [1.29, 1.82) is 0 Å². The van der Waals surface area contributed by atoms with Crippen molar-refractivity contribution in [2.45, 2.75) is 26.2 Å². The molecule has 0 aromatic heterocycles. The van der Waals surface area contributed by atoms with E-state index in [9.17, 15) is 0 Å². The normalized spacial score (nSPS) is 62.3. The van der Waals surface area contributed by atoms with Crippen molar-refractivity contribution in [1.82, 2.24) is 0 Å². The van der Waals surface area contributed by atoms with Gasteiger partial charge >= 0.3 is 0 Å². The number of hydrogen-bond donors (Lipinski definition) is 0. The Morgan fingerprint density at radius 1 is 1.11 bits per heavy atom. The lowest BCUT2D eigenvalue weighted by atomic mass is 9.88. The maximum Gasteiger partial charge on any atom is -0.0321 e. The van der Waals surface area contributed by atoms with Crippen molar-refractivity contribution in [3.8, 4) is 0 Å². The number of fused-ring (bicyclic) bond motifs is 1. The molecule has 0 saturated heterocycles. The van der Waals surface area contributed by atoms with Crippen LogP contribution in [-0.2, 0) is 0 Å². The standard InChI is InChI=1S/C9H14/c1-5-4-7-8(5)9(7)6-2-3-6/h5-9H,2-4H2,1H3. The summed E-state index contributed by atoms with van der Waals surface area (Å²) in [5.74, 6) is 6.01.